The number of β-lactam (4-membered cyclic amide) rings is 1. The van der Waals surface area contributed by atoms with Crippen LogP contribution in [0.2, 0.25) is 18.1 Å². The Morgan fingerprint density at radius 1 is 0.844 bits per heavy atom. The van der Waals surface area contributed by atoms with Crippen LogP contribution in [0.4, 0.5) is 14.5 Å². The molecule has 2 atom stereocenters. The molecule has 4 aromatic carbocycles. The van der Waals surface area contributed by atoms with Crippen LogP contribution in [0, 0.1) is 17.6 Å². The van der Waals surface area contributed by atoms with Gasteiger partial charge in [-0.05, 0) is 96.2 Å². The molecule has 5 nitrogen and oxygen atoms in total. The fourth-order valence-electron chi connectivity index (χ4n) is 5.09. The molecule has 0 bridgehead atoms. The lowest BCUT2D eigenvalue weighted by molar-refractivity contribution is -0.130. The average Bonchev–Trinajstić information content (AvgIpc) is 3.02. The molecule has 0 spiro atoms. The van der Waals surface area contributed by atoms with Crippen molar-refractivity contribution in [2.45, 2.75) is 64.4 Å². The molecular weight excluding hydrogens is 587 g/mol. The summed E-state index contributed by atoms with van der Waals surface area (Å²) >= 11 is 0. The lowest BCUT2D eigenvalue weighted by atomic mass is 9.78. The number of rotatable bonds is 11. The first-order chi connectivity index (χ1) is 21.4. The Hall–Kier alpha value is -4.30. The third-order valence-corrected chi connectivity index (χ3v) is 13.0. The number of amides is 1. The van der Waals surface area contributed by atoms with Crippen LogP contribution in [0.3, 0.4) is 0 Å². The number of ether oxygens (including phenoxy) is 1. The average molecular weight is 627 g/mol. The number of hydrogen-bond donors (Lipinski definition) is 0. The van der Waals surface area contributed by atoms with Crippen molar-refractivity contribution in [2.75, 3.05) is 4.90 Å². The maximum absolute atomic E-state index is 13.8. The smallest absolute Gasteiger partial charge is 0.286 e. The zero-order chi connectivity index (χ0) is 32.2. The number of hydrogen-bond acceptors (Lipinski definition) is 4. The summed E-state index contributed by atoms with van der Waals surface area (Å²) in [6.07, 6.45) is 0.965. The fraction of sp³-hybridized carbons (Fsp3) is 0.297. The predicted octanol–water partition coefficient (Wildman–Crippen LogP) is 9.45. The van der Waals surface area contributed by atoms with Crippen molar-refractivity contribution < 1.29 is 22.8 Å². The van der Waals surface area contributed by atoms with Crippen molar-refractivity contribution in [1.29, 1.82) is 0 Å². The number of halogens is 2. The van der Waals surface area contributed by atoms with E-state index in [9.17, 15) is 13.6 Å². The number of benzene rings is 4. The van der Waals surface area contributed by atoms with E-state index in [1.54, 1.807) is 29.2 Å². The van der Waals surface area contributed by atoms with E-state index in [2.05, 4.69) is 39.0 Å². The molecule has 1 heterocycles. The van der Waals surface area contributed by atoms with Gasteiger partial charge in [-0.15, -0.1) is 5.16 Å². The highest BCUT2D eigenvalue weighted by atomic mass is 28.4. The number of anilines is 1. The van der Waals surface area contributed by atoms with Crippen LogP contribution in [0.5, 0.6) is 5.75 Å². The molecule has 1 saturated heterocycles. The Kier molecular flexibility index (Phi) is 9.53. The van der Waals surface area contributed by atoms with Crippen molar-refractivity contribution in [3.8, 4) is 5.75 Å². The molecule has 1 fully saturated rings. The van der Waals surface area contributed by atoms with E-state index in [0.29, 0.717) is 30.8 Å². The van der Waals surface area contributed by atoms with Gasteiger partial charge in [-0.25, -0.2) is 8.78 Å². The molecule has 8 heteroatoms. The van der Waals surface area contributed by atoms with Gasteiger partial charge in [-0.1, -0.05) is 75.4 Å². The highest BCUT2D eigenvalue weighted by Gasteiger charge is 2.48. The highest BCUT2D eigenvalue weighted by molar-refractivity contribution is 6.74. The maximum Gasteiger partial charge on any atom is 0.286 e. The summed E-state index contributed by atoms with van der Waals surface area (Å²) in [7, 11) is -2.21. The first-order valence-electron chi connectivity index (χ1n) is 15.3. The van der Waals surface area contributed by atoms with E-state index in [4.69, 9.17) is 9.26 Å². The van der Waals surface area contributed by atoms with Crippen LogP contribution < -0.4 is 9.64 Å². The van der Waals surface area contributed by atoms with E-state index >= 15 is 0 Å². The Bertz CT molecular complexity index is 1620. The monoisotopic (exact) mass is 626 g/mol. The predicted molar refractivity (Wildman–Crippen MR) is 178 cm³/mol. The summed E-state index contributed by atoms with van der Waals surface area (Å²) in [4.78, 5) is 15.4. The molecule has 4 aromatic rings. The molecule has 5 rings (SSSR count). The lowest BCUT2D eigenvalue weighted by Crippen LogP contribution is -2.55. The van der Waals surface area contributed by atoms with Gasteiger partial charge in [0.25, 0.3) is 8.32 Å². The molecule has 1 aliphatic rings. The summed E-state index contributed by atoms with van der Waals surface area (Å²) < 4.78 is 39.8. The van der Waals surface area contributed by atoms with Gasteiger partial charge in [0.1, 0.15) is 24.0 Å². The molecule has 234 valence electrons. The molecule has 0 unspecified atom stereocenters. The zero-order valence-corrected chi connectivity index (χ0v) is 27.5. The van der Waals surface area contributed by atoms with Gasteiger partial charge in [-0.2, -0.15) is 0 Å². The molecule has 1 aliphatic heterocycles. The summed E-state index contributed by atoms with van der Waals surface area (Å²) in [5.74, 6) is -0.346. The van der Waals surface area contributed by atoms with E-state index in [0.717, 1.165) is 22.4 Å². The van der Waals surface area contributed by atoms with Crippen LogP contribution in [-0.2, 0) is 15.9 Å². The molecule has 0 N–H and O–H groups in total. The minimum Gasteiger partial charge on any atom is -0.489 e. The van der Waals surface area contributed by atoms with Gasteiger partial charge in [0.05, 0.1) is 17.7 Å². The molecule has 0 saturated carbocycles. The van der Waals surface area contributed by atoms with Gasteiger partial charge in [0, 0.05) is 5.69 Å². The molecule has 0 aliphatic carbocycles. The standard InChI is InChI=1S/C37H40F2N2O3Si/c1-37(2,3)45(4,5)44-40-34(27-11-15-29(38)16-12-27)24-23-33-35(41(36(33)42)31-19-17-30(39)18-20-31)28-13-21-32(22-14-28)43-25-26-9-7-6-8-10-26/h6-22,33,35H,23-25H2,1-5H3/b40-34-/t33-,35-/m1/s1. The number of nitrogens with zero attached hydrogens (tertiary/aromatic N) is 2. The number of carbonyl (C=O) groups is 1. The lowest BCUT2D eigenvalue weighted by Gasteiger charge is -2.47. The first-order valence-corrected chi connectivity index (χ1v) is 18.2. The summed E-state index contributed by atoms with van der Waals surface area (Å²) in [5, 5.41) is 4.58. The zero-order valence-electron chi connectivity index (χ0n) is 26.5. The van der Waals surface area contributed by atoms with Crippen molar-refractivity contribution in [3.05, 3.63) is 131 Å². The van der Waals surface area contributed by atoms with Gasteiger partial charge in [0.2, 0.25) is 5.91 Å². The largest absolute Gasteiger partial charge is 0.489 e. The first kappa shape index (κ1) is 32.1. The Morgan fingerprint density at radius 2 is 1.44 bits per heavy atom. The van der Waals surface area contributed by atoms with Crippen molar-refractivity contribution in [1.82, 2.24) is 0 Å². The molecular formula is C37H40F2N2O3Si. The van der Waals surface area contributed by atoms with E-state index in [1.165, 1.54) is 24.3 Å². The van der Waals surface area contributed by atoms with E-state index in [1.807, 2.05) is 54.6 Å². The topological polar surface area (TPSA) is 51.1 Å². The molecule has 1 amide bonds. The number of carbonyl (C=O) groups excluding carboxylic acids is 1. The van der Waals surface area contributed by atoms with Crippen LogP contribution >= 0.6 is 0 Å². The number of oxime groups is 1. The van der Waals surface area contributed by atoms with Gasteiger partial charge >= 0.3 is 0 Å². The van der Waals surface area contributed by atoms with Crippen LogP contribution in [0.1, 0.15) is 56.3 Å². The van der Waals surface area contributed by atoms with Crippen molar-refractivity contribution in [2.24, 2.45) is 11.1 Å². The van der Waals surface area contributed by atoms with Crippen LogP contribution in [0.25, 0.3) is 0 Å². The van der Waals surface area contributed by atoms with E-state index < -0.39 is 8.32 Å². The van der Waals surface area contributed by atoms with Crippen molar-refractivity contribution >= 4 is 25.6 Å². The SMILES string of the molecule is CC(C)(C)[Si](C)(C)O/N=C(/CC[C@H]1C(=O)N(c2ccc(F)cc2)[C@@H]1c1ccc(OCc2ccccc2)cc1)c1ccc(F)cc1. The normalized spacial score (nSPS) is 17.2. The fourth-order valence-corrected chi connectivity index (χ4v) is 5.70. The van der Waals surface area contributed by atoms with Gasteiger partial charge in [0.15, 0.2) is 0 Å². The van der Waals surface area contributed by atoms with Crippen LogP contribution in [0.15, 0.2) is 108 Å². The summed E-state index contributed by atoms with van der Waals surface area (Å²) in [6.45, 7) is 11.1. The Morgan fingerprint density at radius 3 is 2.04 bits per heavy atom. The highest BCUT2D eigenvalue weighted by Crippen LogP contribution is 2.46. The molecule has 0 aromatic heterocycles. The summed E-state index contributed by atoms with van der Waals surface area (Å²) in [6, 6.07) is 29.7. The Balaban J connectivity index is 1.39. The second-order valence-corrected chi connectivity index (χ2v) is 17.7. The maximum atomic E-state index is 13.8. The quantitative estimate of drug-likeness (QED) is 0.0721. The molecule has 45 heavy (non-hydrogen) atoms. The summed E-state index contributed by atoms with van der Waals surface area (Å²) in [5.41, 5.74) is 4.10. The Labute approximate surface area is 265 Å². The van der Waals surface area contributed by atoms with Gasteiger partial charge < -0.3 is 14.2 Å². The minimum atomic E-state index is -2.21. The second kappa shape index (κ2) is 13.4. The molecule has 0 radical (unpaired) electrons. The third kappa shape index (κ3) is 7.51. The van der Waals surface area contributed by atoms with Crippen molar-refractivity contribution in [3.63, 3.8) is 0 Å². The van der Waals surface area contributed by atoms with Crippen LogP contribution in [-0.4, -0.2) is 19.9 Å². The van der Waals surface area contributed by atoms with Gasteiger partial charge in [-0.3, -0.25) is 4.79 Å². The minimum absolute atomic E-state index is 0.0419. The van der Waals surface area contributed by atoms with E-state index in [-0.39, 0.29) is 34.5 Å². The third-order valence-electron chi connectivity index (χ3n) is 8.85. The second-order valence-electron chi connectivity index (χ2n) is 13.0.